The lowest BCUT2D eigenvalue weighted by molar-refractivity contribution is 0.116. The molecule has 1 aromatic heterocycles. The third kappa shape index (κ3) is 2.87. The Labute approximate surface area is 114 Å². The van der Waals surface area contributed by atoms with Crippen LogP contribution in [0.2, 0.25) is 5.02 Å². The van der Waals surface area contributed by atoms with Crippen LogP contribution in [-0.4, -0.2) is 29.0 Å². The second kappa shape index (κ2) is 6.04. The standard InChI is InChI=1S/C13H22ClN3O/c1-4-5-15-12(10-6-9(2)18-8-10)13-11(14)7-16-17(13)3/h7,9-10,12,15H,4-6,8H2,1-3H3. The summed E-state index contributed by atoms with van der Waals surface area (Å²) in [5.74, 6) is 0.472. The van der Waals surface area contributed by atoms with Crippen LogP contribution < -0.4 is 5.32 Å². The van der Waals surface area contributed by atoms with Crippen LogP contribution in [0.25, 0.3) is 0 Å². The number of nitrogens with zero attached hydrogens (tertiary/aromatic N) is 2. The predicted octanol–water partition coefficient (Wildman–Crippen LogP) is 2.54. The molecule has 5 heteroatoms. The van der Waals surface area contributed by atoms with Crippen molar-refractivity contribution in [3.8, 4) is 0 Å². The third-order valence-corrected chi connectivity index (χ3v) is 3.84. The molecule has 0 saturated carbocycles. The topological polar surface area (TPSA) is 39.1 Å². The molecule has 0 aliphatic carbocycles. The monoisotopic (exact) mass is 271 g/mol. The van der Waals surface area contributed by atoms with Crippen molar-refractivity contribution in [2.75, 3.05) is 13.2 Å². The van der Waals surface area contributed by atoms with Crippen molar-refractivity contribution in [2.24, 2.45) is 13.0 Å². The second-order valence-corrected chi connectivity index (χ2v) is 5.48. The molecule has 1 aliphatic rings. The minimum Gasteiger partial charge on any atom is -0.378 e. The molecule has 0 amide bonds. The highest BCUT2D eigenvalue weighted by Gasteiger charge is 2.33. The van der Waals surface area contributed by atoms with Gasteiger partial charge in [-0.15, -0.1) is 0 Å². The first-order valence-electron chi connectivity index (χ1n) is 6.65. The first-order chi connectivity index (χ1) is 8.63. The van der Waals surface area contributed by atoms with Gasteiger partial charge in [-0.1, -0.05) is 18.5 Å². The van der Waals surface area contributed by atoms with Crippen molar-refractivity contribution in [2.45, 2.75) is 38.8 Å². The van der Waals surface area contributed by atoms with Crippen LogP contribution in [0.5, 0.6) is 0 Å². The Balaban J connectivity index is 2.19. The van der Waals surface area contributed by atoms with Crippen LogP contribution in [0.4, 0.5) is 0 Å². The van der Waals surface area contributed by atoms with E-state index in [9.17, 15) is 0 Å². The van der Waals surface area contributed by atoms with Gasteiger partial charge in [0.1, 0.15) is 0 Å². The first kappa shape index (κ1) is 13.8. The van der Waals surface area contributed by atoms with Crippen LogP contribution in [-0.2, 0) is 11.8 Å². The molecule has 0 bridgehead atoms. The van der Waals surface area contributed by atoms with E-state index in [0.717, 1.165) is 36.7 Å². The molecule has 1 N–H and O–H groups in total. The zero-order valence-electron chi connectivity index (χ0n) is 11.3. The number of aromatic nitrogens is 2. The fourth-order valence-corrected chi connectivity index (χ4v) is 2.92. The van der Waals surface area contributed by atoms with Gasteiger partial charge in [0, 0.05) is 13.0 Å². The van der Waals surface area contributed by atoms with Gasteiger partial charge < -0.3 is 10.1 Å². The number of hydrogen-bond donors (Lipinski definition) is 1. The number of rotatable bonds is 5. The lowest BCUT2D eigenvalue weighted by atomic mass is 9.94. The van der Waals surface area contributed by atoms with Crippen molar-refractivity contribution >= 4 is 11.6 Å². The van der Waals surface area contributed by atoms with Crippen molar-refractivity contribution < 1.29 is 4.74 Å². The Hall–Kier alpha value is -0.580. The highest BCUT2D eigenvalue weighted by Crippen LogP contribution is 2.34. The molecular weight excluding hydrogens is 250 g/mol. The van der Waals surface area contributed by atoms with E-state index in [1.54, 1.807) is 6.20 Å². The van der Waals surface area contributed by atoms with Crippen LogP contribution >= 0.6 is 11.6 Å². The SMILES string of the molecule is CCCNC(c1c(Cl)cnn1C)C1COC(C)C1. The summed E-state index contributed by atoms with van der Waals surface area (Å²) >= 11 is 6.27. The maximum Gasteiger partial charge on any atom is 0.0834 e. The predicted molar refractivity (Wildman–Crippen MR) is 72.8 cm³/mol. The molecule has 1 fully saturated rings. The van der Waals surface area contributed by atoms with Crippen LogP contribution in [0.3, 0.4) is 0 Å². The number of aryl methyl sites for hydroxylation is 1. The van der Waals surface area contributed by atoms with Crippen LogP contribution in [0, 0.1) is 5.92 Å². The Kier molecular flexibility index (Phi) is 4.65. The smallest absolute Gasteiger partial charge is 0.0834 e. The lowest BCUT2D eigenvalue weighted by Crippen LogP contribution is -2.31. The fraction of sp³-hybridized carbons (Fsp3) is 0.769. The minimum absolute atomic E-state index is 0.231. The van der Waals surface area contributed by atoms with Crippen molar-refractivity contribution in [1.29, 1.82) is 0 Å². The third-order valence-electron chi connectivity index (χ3n) is 3.55. The summed E-state index contributed by atoms with van der Waals surface area (Å²) in [6, 6.07) is 0.231. The molecule has 102 valence electrons. The van der Waals surface area contributed by atoms with Gasteiger partial charge in [0.2, 0.25) is 0 Å². The zero-order chi connectivity index (χ0) is 13.1. The van der Waals surface area contributed by atoms with E-state index in [4.69, 9.17) is 16.3 Å². The molecule has 0 radical (unpaired) electrons. The van der Waals surface area contributed by atoms with E-state index in [2.05, 4.69) is 24.3 Å². The van der Waals surface area contributed by atoms with Gasteiger partial charge >= 0.3 is 0 Å². The molecule has 0 spiro atoms. The minimum atomic E-state index is 0.231. The Bertz CT molecular complexity index is 374. The molecule has 4 nitrogen and oxygen atoms in total. The molecule has 2 heterocycles. The fourth-order valence-electron chi connectivity index (χ4n) is 2.64. The maximum absolute atomic E-state index is 6.27. The lowest BCUT2D eigenvalue weighted by Gasteiger charge is -2.24. The molecule has 0 aromatic carbocycles. The highest BCUT2D eigenvalue weighted by atomic mass is 35.5. The van der Waals surface area contributed by atoms with E-state index in [0.29, 0.717) is 12.0 Å². The van der Waals surface area contributed by atoms with E-state index >= 15 is 0 Å². The first-order valence-corrected chi connectivity index (χ1v) is 7.03. The Morgan fingerprint density at radius 3 is 2.94 bits per heavy atom. The molecule has 3 atom stereocenters. The van der Waals surface area contributed by atoms with Crippen LogP contribution in [0.15, 0.2) is 6.20 Å². The van der Waals surface area contributed by atoms with Gasteiger partial charge in [-0.2, -0.15) is 5.10 Å². The Morgan fingerprint density at radius 1 is 1.67 bits per heavy atom. The van der Waals surface area contributed by atoms with Gasteiger partial charge in [0.05, 0.1) is 35.7 Å². The number of halogens is 1. The van der Waals surface area contributed by atoms with E-state index in [-0.39, 0.29) is 6.04 Å². The summed E-state index contributed by atoms with van der Waals surface area (Å²) in [7, 11) is 1.95. The molecule has 18 heavy (non-hydrogen) atoms. The molecule has 1 saturated heterocycles. The number of hydrogen-bond acceptors (Lipinski definition) is 3. The second-order valence-electron chi connectivity index (χ2n) is 5.07. The van der Waals surface area contributed by atoms with E-state index in [1.807, 2.05) is 11.7 Å². The van der Waals surface area contributed by atoms with Crippen molar-refractivity contribution in [3.05, 3.63) is 16.9 Å². The molecule has 1 aromatic rings. The highest BCUT2D eigenvalue weighted by molar-refractivity contribution is 6.31. The van der Waals surface area contributed by atoms with Crippen molar-refractivity contribution in [3.63, 3.8) is 0 Å². The van der Waals surface area contributed by atoms with Gasteiger partial charge in [-0.05, 0) is 26.3 Å². The zero-order valence-corrected chi connectivity index (χ0v) is 12.1. The molecular formula is C13H22ClN3O. The summed E-state index contributed by atoms with van der Waals surface area (Å²) in [5.41, 5.74) is 1.08. The quantitative estimate of drug-likeness (QED) is 0.895. The summed E-state index contributed by atoms with van der Waals surface area (Å²) < 4.78 is 7.57. The summed E-state index contributed by atoms with van der Waals surface area (Å²) in [4.78, 5) is 0. The number of nitrogens with one attached hydrogen (secondary N) is 1. The Morgan fingerprint density at radius 2 is 2.44 bits per heavy atom. The maximum atomic E-state index is 6.27. The van der Waals surface area contributed by atoms with Gasteiger partial charge in [0.15, 0.2) is 0 Å². The number of ether oxygens (including phenoxy) is 1. The summed E-state index contributed by atoms with van der Waals surface area (Å²) in [5, 5.41) is 8.57. The average Bonchev–Trinajstić information content (AvgIpc) is 2.90. The molecule has 2 rings (SSSR count). The van der Waals surface area contributed by atoms with Gasteiger partial charge in [-0.25, -0.2) is 0 Å². The molecule has 1 aliphatic heterocycles. The molecule has 3 unspecified atom stereocenters. The largest absolute Gasteiger partial charge is 0.378 e. The van der Waals surface area contributed by atoms with Crippen molar-refractivity contribution in [1.82, 2.24) is 15.1 Å². The van der Waals surface area contributed by atoms with E-state index in [1.165, 1.54) is 0 Å². The normalized spacial score (nSPS) is 25.6. The van der Waals surface area contributed by atoms with Gasteiger partial charge in [0.25, 0.3) is 0 Å². The summed E-state index contributed by atoms with van der Waals surface area (Å²) in [6.45, 7) is 6.07. The van der Waals surface area contributed by atoms with Gasteiger partial charge in [-0.3, -0.25) is 4.68 Å². The summed E-state index contributed by atoms with van der Waals surface area (Å²) in [6.07, 6.45) is 4.24. The average molecular weight is 272 g/mol. The van der Waals surface area contributed by atoms with E-state index < -0.39 is 0 Å². The van der Waals surface area contributed by atoms with Crippen LogP contribution in [0.1, 0.15) is 38.4 Å².